The predicted molar refractivity (Wildman–Crippen MR) is 93.9 cm³/mol. The highest BCUT2D eigenvalue weighted by Crippen LogP contribution is 2.47. The Morgan fingerprint density at radius 3 is 2.65 bits per heavy atom. The van der Waals surface area contributed by atoms with Crippen molar-refractivity contribution in [3.63, 3.8) is 0 Å². The van der Waals surface area contributed by atoms with Gasteiger partial charge in [0.25, 0.3) is 0 Å². The van der Waals surface area contributed by atoms with Crippen LogP contribution in [0.4, 0.5) is 0 Å². The first kappa shape index (κ1) is 18.4. The highest BCUT2D eigenvalue weighted by molar-refractivity contribution is 6.07. The SMILES string of the molecule is CC(=O)c1ccc(OCC2CN(C(=O)C3(C(N)=O)CC3)CCO2)cc1C. The molecule has 3 rings (SSSR count). The lowest BCUT2D eigenvalue weighted by Gasteiger charge is -2.34. The number of hydrogen-bond donors (Lipinski definition) is 1. The number of morpholine rings is 1. The summed E-state index contributed by atoms with van der Waals surface area (Å²) in [5.74, 6) is -0.0691. The van der Waals surface area contributed by atoms with Crippen LogP contribution in [-0.2, 0) is 14.3 Å². The number of ether oxygens (including phenoxy) is 2. The fraction of sp³-hybridized carbons (Fsp3) is 0.526. The second-order valence-electron chi connectivity index (χ2n) is 7.03. The molecule has 1 aromatic rings. The first-order valence-corrected chi connectivity index (χ1v) is 8.79. The van der Waals surface area contributed by atoms with Gasteiger partial charge in [-0.25, -0.2) is 0 Å². The van der Waals surface area contributed by atoms with Gasteiger partial charge in [-0.1, -0.05) is 0 Å². The molecule has 26 heavy (non-hydrogen) atoms. The Morgan fingerprint density at radius 2 is 2.08 bits per heavy atom. The van der Waals surface area contributed by atoms with E-state index >= 15 is 0 Å². The van der Waals surface area contributed by atoms with Crippen LogP contribution in [0, 0.1) is 12.3 Å². The molecule has 1 aliphatic carbocycles. The van der Waals surface area contributed by atoms with E-state index < -0.39 is 11.3 Å². The molecule has 1 heterocycles. The minimum Gasteiger partial charge on any atom is -0.491 e. The van der Waals surface area contributed by atoms with Gasteiger partial charge in [-0.3, -0.25) is 14.4 Å². The van der Waals surface area contributed by atoms with Crippen molar-refractivity contribution in [2.45, 2.75) is 32.8 Å². The first-order valence-electron chi connectivity index (χ1n) is 8.79. The van der Waals surface area contributed by atoms with Crippen LogP contribution in [0.2, 0.25) is 0 Å². The molecule has 2 amide bonds. The maximum absolute atomic E-state index is 12.6. The minimum atomic E-state index is -0.998. The zero-order valence-electron chi connectivity index (χ0n) is 15.1. The van der Waals surface area contributed by atoms with Gasteiger partial charge in [0, 0.05) is 12.1 Å². The van der Waals surface area contributed by atoms with Crippen LogP contribution in [0.3, 0.4) is 0 Å². The number of aryl methyl sites for hydroxylation is 1. The predicted octanol–water partition coefficient (Wildman–Crippen LogP) is 1.07. The quantitative estimate of drug-likeness (QED) is 0.604. The number of nitrogens with zero attached hydrogens (tertiary/aromatic N) is 1. The average Bonchev–Trinajstić information content (AvgIpc) is 3.41. The molecule has 1 aromatic carbocycles. The number of hydrogen-bond acceptors (Lipinski definition) is 5. The topological polar surface area (TPSA) is 98.9 Å². The maximum Gasteiger partial charge on any atom is 0.238 e. The molecular formula is C19H24N2O5. The van der Waals surface area contributed by atoms with Gasteiger partial charge in [0.2, 0.25) is 11.8 Å². The van der Waals surface area contributed by atoms with E-state index in [1.54, 1.807) is 17.0 Å². The summed E-state index contributed by atoms with van der Waals surface area (Å²) in [4.78, 5) is 37.3. The lowest BCUT2D eigenvalue weighted by molar-refractivity contribution is -0.149. The number of nitrogens with two attached hydrogens (primary N) is 1. The fourth-order valence-electron chi connectivity index (χ4n) is 3.31. The Balaban J connectivity index is 1.57. The molecule has 1 unspecified atom stereocenters. The normalized spacial score (nSPS) is 21.2. The van der Waals surface area contributed by atoms with Crippen LogP contribution in [0.25, 0.3) is 0 Å². The highest BCUT2D eigenvalue weighted by Gasteiger charge is 2.57. The van der Waals surface area contributed by atoms with E-state index in [2.05, 4.69) is 0 Å². The monoisotopic (exact) mass is 360 g/mol. The van der Waals surface area contributed by atoms with Crippen molar-refractivity contribution in [3.05, 3.63) is 29.3 Å². The van der Waals surface area contributed by atoms with Crippen molar-refractivity contribution >= 4 is 17.6 Å². The Kier molecular flexibility index (Phi) is 5.00. The zero-order chi connectivity index (χ0) is 18.9. The van der Waals surface area contributed by atoms with Gasteiger partial charge < -0.3 is 20.1 Å². The van der Waals surface area contributed by atoms with E-state index in [0.717, 1.165) is 5.56 Å². The van der Waals surface area contributed by atoms with Crippen molar-refractivity contribution in [1.82, 2.24) is 4.90 Å². The molecule has 0 radical (unpaired) electrons. The van der Waals surface area contributed by atoms with Gasteiger partial charge in [0.15, 0.2) is 5.78 Å². The van der Waals surface area contributed by atoms with Crippen LogP contribution in [-0.4, -0.2) is 54.9 Å². The molecule has 140 valence electrons. The summed E-state index contributed by atoms with van der Waals surface area (Å²) in [6.07, 6.45) is 0.785. The Labute approximate surface area is 152 Å². The highest BCUT2D eigenvalue weighted by atomic mass is 16.5. The van der Waals surface area contributed by atoms with Gasteiger partial charge in [-0.05, 0) is 50.5 Å². The summed E-state index contributed by atoms with van der Waals surface area (Å²) in [6.45, 7) is 4.90. The van der Waals surface area contributed by atoms with E-state index in [0.29, 0.717) is 43.9 Å². The van der Waals surface area contributed by atoms with Crippen LogP contribution in [0.15, 0.2) is 18.2 Å². The average molecular weight is 360 g/mol. The van der Waals surface area contributed by atoms with E-state index in [9.17, 15) is 14.4 Å². The number of benzene rings is 1. The van der Waals surface area contributed by atoms with Crippen molar-refractivity contribution in [1.29, 1.82) is 0 Å². The largest absolute Gasteiger partial charge is 0.491 e. The first-order chi connectivity index (χ1) is 12.3. The summed E-state index contributed by atoms with van der Waals surface area (Å²) in [6, 6.07) is 5.31. The fourth-order valence-corrected chi connectivity index (χ4v) is 3.31. The summed E-state index contributed by atoms with van der Waals surface area (Å²) in [5.41, 5.74) is 5.92. The van der Waals surface area contributed by atoms with Crippen molar-refractivity contribution < 1.29 is 23.9 Å². The van der Waals surface area contributed by atoms with Crippen LogP contribution >= 0.6 is 0 Å². The molecule has 0 bridgehead atoms. The van der Waals surface area contributed by atoms with Gasteiger partial charge in [0.1, 0.15) is 23.9 Å². The summed E-state index contributed by atoms with van der Waals surface area (Å²) < 4.78 is 11.4. The van der Waals surface area contributed by atoms with Crippen molar-refractivity contribution in [2.75, 3.05) is 26.3 Å². The molecule has 2 aliphatic rings. The molecule has 1 saturated carbocycles. The standard InChI is InChI=1S/C19H24N2O5/c1-12-9-14(3-4-16(12)13(2)22)26-11-15-10-21(7-8-25-15)18(24)19(5-6-19)17(20)23/h3-4,9,15H,5-8,10-11H2,1-2H3,(H2,20,23). The van der Waals surface area contributed by atoms with Crippen LogP contribution in [0.1, 0.15) is 35.7 Å². The number of carbonyl (C=O) groups excluding carboxylic acids is 3. The molecule has 1 atom stereocenters. The zero-order valence-corrected chi connectivity index (χ0v) is 15.1. The third kappa shape index (κ3) is 3.58. The molecule has 0 aromatic heterocycles. The Bertz CT molecular complexity index is 741. The second kappa shape index (κ2) is 7.07. The molecule has 7 nitrogen and oxygen atoms in total. The molecule has 2 N–H and O–H groups in total. The van der Waals surface area contributed by atoms with Gasteiger partial charge >= 0.3 is 0 Å². The van der Waals surface area contributed by atoms with Crippen molar-refractivity contribution in [2.24, 2.45) is 11.1 Å². The van der Waals surface area contributed by atoms with E-state index in [4.69, 9.17) is 15.2 Å². The van der Waals surface area contributed by atoms with Gasteiger partial charge in [-0.15, -0.1) is 0 Å². The van der Waals surface area contributed by atoms with Gasteiger partial charge in [-0.2, -0.15) is 0 Å². The molecule has 1 saturated heterocycles. The lowest BCUT2D eigenvalue weighted by Crippen LogP contribution is -2.52. The summed E-state index contributed by atoms with van der Waals surface area (Å²) in [7, 11) is 0. The number of ketones is 1. The Morgan fingerprint density at radius 1 is 1.35 bits per heavy atom. The summed E-state index contributed by atoms with van der Waals surface area (Å²) in [5, 5.41) is 0. The van der Waals surface area contributed by atoms with E-state index in [-0.39, 0.29) is 24.4 Å². The summed E-state index contributed by atoms with van der Waals surface area (Å²) >= 11 is 0. The minimum absolute atomic E-state index is 0.0160. The van der Waals surface area contributed by atoms with E-state index in [1.807, 2.05) is 13.0 Å². The molecule has 7 heteroatoms. The number of rotatable bonds is 6. The number of Topliss-reactive ketones (excluding diaryl/α,β-unsaturated/α-hetero) is 1. The smallest absolute Gasteiger partial charge is 0.238 e. The third-order valence-corrected chi connectivity index (χ3v) is 5.07. The second-order valence-corrected chi connectivity index (χ2v) is 7.03. The Hall–Kier alpha value is -2.41. The van der Waals surface area contributed by atoms with Crippen molar-refractivity contribution in [3.8, 4) is 5.75 Å². The molecule has 1 aliphatic heterocycles. The van der Waals surface area contributed by atoms with Gasteiger partial charge in [0.05, 0.1) is 13.2 Å². The molecule has 0 spiro atoms. The lowest BCUT2D eigenvalue weighted by atomic mass is 10.0. The third-order valence-electron chi connectivity index (χ3n) is 5.07. The van der Waals surface area contributed by atoms with Crippen LogP contribution in [0.5, 0.6) is 5.75 Å². The van der Waals surface area contributed by atoms with Crippen LogP contribution < -0.4 is 10.5 Å². The van der Waals surface area contributed by atoms with E-state index in [1.165, 1.54) is 6.92 Å². The molecular weight excluding hydrogens is 336 g/mol. The maximum atomic E-state index is 12.6. The number of carbonyl (C=O) groups is 3. The number of primary amides is 1. The number of amides is 2. The molecule has 2 fully saturated rings.